The van der Waals surface area contributed by atoms with Crippen LogP contribution < -0.4 is 0 Å². The fourth-order valence-electron chi connectivity index (χ4n) is 9.36. The van der Waals surface area contributed by atoms with Crippen LogP contribution in [-0.4, -0.2) is 15.0 Å². The summed E-state index contributed by atoms with van der Waals surface area (Å²) in [6, 6.07) is 46.2. The standard InChI is InChI=1S/C44H36N4/c45-28-29-8-6-11-35(23-29)39-14-4-5-15-40(39)36-12-7-13-37(24-36)43-47-41(33-9-2-1-3-10-33)46-42(48-43)34-16-18-38(19-17-34)44-25-30-20-31(26-44)22-32(21-30)27-44/h1-19,23-24,30-32H,20-22,25-27H2/t30-,31+,32-,44?. The largest absolute Gasteiger partial charge is 0.208 e. The molecule has 4 heteroatoms. The van der Waals surface area contributed by atoms with Gasteiger partial charge in [0.25, 0.3) is 0 Å². The molecule has 0 atom stereocenters. The number of benzene rings is 5. The van der Waals surface area contributed by atoms with Crippen LogP contribution in [-0.2, 0) is 5.41 Å². The lowest BCUT2D eigenvalue weighted by Gasteiger charge is -2.57. The fraction of sp³-hybridized carbons (Fsp3) is 0.227. The molecule has 4 aliphatic rings. The minimum Gasteiger partial charge on any atom is -0.208 e. The molecule has 4 nitrogen and oxygen atoms in total. The number of hydrogen-bond acceptors (Lipinski definition) is 4. The highest BCUT2D eigenvalue weighted by Crippen LogP contribution is 2.60. The van der Waals surface area contributed by atoms with Crippen LogP contribution in [0.2, 0.25) is 0 Å². The van der Waals surface area contributed by atoms with Crippen LogP contribution in [0, 0.1) is 29.1 Å². The molecule has 4 bridgehead atoms. The SMILES string of the molecule is N#Cc1cccc(-c2ccccc2-c2cccc(-c3nc(-c4ccccc4)nc(-c4ccc(C56C[C@H]7C[C@@H](C5)C[C@@H](C6)C7)cc4)n3)c2)c1. The lowest BCUT2D eigenvalue weighted by molar-refractivity contribution is -0.00518. The van der Waals surface area contributed by atoms with Gasteiger partial charge >= 0.3 is 0 Å². The van der Waals surface area contributed by atoms with E-state index in [1.807, 2.05) is 42.5 Å². The van der Waals surface area contributed by atoms with Gasteiger partial charge in [-0.1, -0.05) is 109 Å². The molecule has 0 amide bonds. The van der Waals surface area contributed by atoms with Crippen molar-refractivity contribution in [3.63, 3.8) is 0 Å². The first kappa shape index (κ1) is 28.8. The topological polar surface area (TPSA) is 62.5 Å². The molecule has 10 rings (SSSR count). The molecular formula is C44H36N4. The maximum absolute atomic E-state index is 9.52. The van der Waals surface area contributed by atoms with Gasteiger partial charge < -0.3 is 0 Å². The van der Waals surface area contributed by atoms with E-state index in [0.717, 1.165) is 56.7 Å². The number of hydrogen-bond donors (Lipinski definition) is 0. The third-order valence-electron chi connectivity index (χ3n) is 11.1. The smallest absolute Gasteiger partial charge is 0.164 e. The molecule has 232 valence electrons. The van der Waals surface area contributed by atoms with Crippen molar-refractivity contribution in [2.75, 3.05) is 0 Å². The van der Waals surface area contributed by atoms with E-state index in [-0.39, 0.29) is 0 Å². The monoisotopic (exact) mass is 620 g/mol. The third kappa shape index (κ3) is 5.20. The quantitative estimate of drug-likeness (QED) is 0.186. The highest BCUT2D eigenvalue weighted by atomic mass is 15.0. The lowest BCUT2D eigenvalue weighted by atomic mass is 9.48. The van der Waals surface area contributed by atoms with E-state index in [0.29, 0.717) is 28.5 Å². The minimum atomic E-state index is 0.361. The molecule has 4 saturated carbocycles. The van der Waals surface area contributed by atoms with Crippen molar-refractivity contribution in [3.8, 4) is 62.5 Å². The number of nitrogens with zero attached hydrogens (tertiary/aromatic N) is 4. The summed E-state index contributed by atoms with van der Waals surface area (Å²) in [5, 5.41) is 9.52. The molecule has 1 aromatic heterocycles. The first-order valence-electron chi connectivity index (χ1n) is 17.3. The second-order valence-electron chi connectivity index (χ2n) is 14.3. The molecule has 4 fully saturated rings. The van der Waals surface area contributed by atoms with E-state index >= 15 is 0 Å². The van der Waals surface area contributed by atoms with Crippen LogP contribution in [0.4, 0.5) is 0 Å². The van der Waals surface area contributed by atoms with Gasteiger partial charge in [-0.2, -0.15) is 5.26 Å². The summed E-state index contributed by atoms with van der Waals surface area (Å²) in [6.07, 6.45) is 8.43. The molecule has 0 N–H and O–H groups in total. The summed E-state index contributed by atoms with van der Waals surface area (Å²) in [7, 11) is 0. The van der Waals surface area contributed by atoms with Gasteiger partial charge in [0.2, 0.25) is 0 Å². The van der Waals surface area contributed by atoms with Crippen LogP contribution in [0.3, 0.4) is 0 Å². The zero-order chi connectivity index (χ0) is 32.1. The van der Waals surface area contributed by atoms with Gasteiger partial charge in [0.05, 0.1) is 11.6 Å². The van der Waals surface area contributed by atoms with Crippen molar-refractivity contribution in [2.45, 2.75) is 43.9 Å². The Morgan fingerprint density at radius 2 is 0.958 bits per heavy atom. The minimum absolute atomic E-state index is 0.361. The van der Waals surface area contributed by atoms with Crippen LogP contribution in [0.5, 0.6) is 0 Å². The maximum atomic E-state index is 9.52. The van der Waals surface area contributed by atoms with Crippen molar-refractivity contribution in [2.24, 2.45) is 17.8 Å². The second-order valence-corrected chi connectivity index (χ2v) is 14.3. The summed E-state index contributed by atoms with van der Waals surface area (Å²) in [6.45, 7) is 0. The van der Waals surface area contributed by atoms with Crippen LogP contribution >= 0.6 is 0 Å². The van der Waals surface area contributed by atoms with E-state index < -0.39 is 0 Å². The van der Waals surface area contributed by atoms with E-state index in [1.165, 1.54) is 44.1 Å². The van der Waals surface area contributed by atoms with Gasteiger partial charge in [-0.3, -0.25) is 0 Å². The van der Waals surface area contributed by atoms with Gasteiger partial charge in [-0.05, 0) is 108 Å². The van der Waals surface area contributed by atoms with E-state index in [2.05, 4.69) is 91.0 Å². The predicted molar refractivity (Wildman–Crippen MR) is 192 cm³/mol. The lowest BCUT2D eigenvalue weighted by Crippen LogP contribution is -2.48. The van der Waals surface area contributed by atoms with Crippen molar-refractivity contribution in [1.82, 2.24) is 15.0 Å². The van der Waals surface area contributed by atoms with Crippen molar-refractivity contribution >= 4 is 0 Å². The zero-order valence-corrected chi connectivity index (χ0v) is 26.9. The van der Waals surface area contributed by atoms with Gasteiger partial charge in [-0.25, -0.2) is 15.0 Å². The molecule has 0 radical (unpaired) electrons. The van der Waals surface area contributed by atoms with Gasteiger partial charge in [-0.15, -0.1) is 0 Å². The average Bonchev–Trinajstić information content (AvgIpc) is 3.14. The molecule has 0 unspecified atom stereocenters. The molecule has 0 aliphatic heterocycles. The van der Waals surface area contributed by atoms with E-state index in [1.54, 1.807) is 0 Å². The molecule has 4 aliphatic carbocycles. The number of nitriles is 1. The zero-order valence-electron chi connectivity index (χ0n) is 26.9. The number of aromatic nitrogens is 3. The Balaban J connectivity index is 1.11. The molecule has 48 heavy (non-hydrogen) atoms. The van der Waals surface area contributed by atoms with E-state index in [9.17, 15) is 5.26 Å². The first-order chi connectivity index (χ1) is 23.6. The fourth-order valence-corrected chi connectivity index (χ4v) is 9.36. The Bertz CT molecular complexity index is 2140. The van der Waals surface area contributed by atoms with Gasteiger partial charge in [0.1, 0.15) is 0 Å². The maximum Gasteiger partial charge on any atom is 0.164 e. The molecule has 0 spiro atoms. The molecular weight excluding hydrogens is 585 g/mol. The summed E-state index contributed by atoms with van der Waals surface area (Å²) in [4.78, 5) is 15.1. The Morgan fingerprint density at radius 1 is 0.479 bits per heavy atom. The molecule has 0 saturated heterocycles. The molecule has 1 heterocycles. The molecule has 5 aromatic carbocycles. The predicted octanol–water partition coefficient (Wildman–Crippen LogP) is 10.5. The van der Waals surface area contributed by atoms with Crippen LogP contribution in [0.1, 0.15) is 49.7 Å². The Morgan fingerprint density at radius 3 is 1.56 bits per heavy atom. The van der Waals surface area contributed by atoms with Crippen molar-refractivity contribution < 1.29 is 0 Å². The summed E-state index contributed by atoms with van der Waals surface area (Å²) in [5.41, 5.74) is 9.67. The summed E-state index contributed by atoms with van der Waals surface area (Å²) >= 11 is 0. The van der Waals surface area contributed by atoms with Gasteiger partial charge in [0, 0.05) is 16.7 Å². The van der Waals surface area contributed by atoms with Crippen LogP contribution in [0.15, 0.2) is 127 Å². The number of rotatable bonds is 6. The van der Waals surface area contributed by atoms with Gasteiger partial charge in [0.15, 0.2) is 17.5 Å². The third-order valence-corrected chi connectivity index (χ3v) is 11.1. The summed E-state index contributed by atoms with van der Waals surface area (Å²) < 4.78 is 0. The first-order valence-corrected chi connectivity index (χ1v) is 17.3. The second kappa shape index (κ2) is 11.7. The van der Waals surface area contributed by atoms with Crippen molar-refractivity contribution in [3.05, 3.63) is 139 Å². The highest BCUT2D eigenvalue weighted by molar-refractivity contribution is 5.85. The normalized spacial score (nSPS) is 22.4. The Labute approximate surface area is 282 Å². The van der Waals surface area contributed by atoms with Crippen molar-refractivity contribution in [1.29, 1.82) is 5.26 Å². The van der Waals surface area contributed by atoms with E-state index in [4.69, 9.17) is 15.0 Å². The average molecular weight is 621 g/mol. The summed E-state index contributed by atoms with van der Waals surface area (Å²) in [5.74, 6) is 4.76. The highest BCUT2D eigenvalue weighted by Gasteiger charge is 2.51. The Hall–Kier alpha value is -5.40. The Kier molecular flexibility index (Phi) is 7.01. The molecule has 6 aromatic rings. The van der Waals surface area contributed by atoms with Crippen LogP contribution in [0.25, 0.3) is 56.4 Å².